The fraction of sp³-hybridized carbons (Fsp3) is 0.438. The smallest absolute Gasteiger partial charge is 0.493 e. The van der Waals surface area contributed by atoms with Crippen molar-refractivity contribution in [1.29, 1.82) is 0 Å². The highest BCUT2D eigenvalue weighted by atomic mass is 32.2. The lowest BCUT2D eigenvalue weighted by Crippen LogP contribution is -2.46. The van der Waals surface area contributed by atoms with Crippen LogP contribution in [-0.4, -0.2) is 80.2 Å². The lowest BCUT2D eigenvalue weighted by Gasteiger charge is -2.39. The Morgan fingerprint density at radius 2 is 1.77 bits per heavy atom. The highest BCUT2D eigenvalue weighted by molar-refractivity contribution is 7.92. The van der Waals surface area contributed by atoms with E-state index in [1.54, 1.807) is 43.6 Å². The normalized spacial score (nSPS) is 21.3. The number of carbonyl (C=O) groups excluding carboxylic acids is 1. The fourth-order valence-electron chi connectivity index (χ4n) is 5.67. The maximum absolute atomic E-state index is 13.0. The van der Waals surface area contributed by atoms with Gasteiger partial charge < -0.3 is 19.7 Å². The van der Waals surface area contributed by atoms with E-state index in [2.05, 4.69) is 44.8 Å². The van der Waals surface area contributed by atoms with Gasteiger partial charge in [-0.25, -0.2) is 18.2 Å². The number of hydrogen-bond acceptors (Lipinski definition) is 9. The first-order valence-electron chi connectivity index (χ1n) is 15.0. The molecule has 0 radical (unpaired) electrons. The average molecular weight is 677 g/mol. The number of urea groups is 1. The van der Waals surface area contributed by atoms with E-state index in [0.717, 1.165) is 30.5 Å². The minimum Gasteiger partial charge on any atom is -0.493 e. The first kappa shape index (κ1) is 34.4. The second-order valence-corrected chi connectivity index (χ2v) is 14.5. The number of ether oxygens (including phenoxy) is 2. The van der Waals surface area contributed by atoms with Crippen molar-refractivity contribution in [3.63, 3.8) is 0 Å². The molecule has 1 atom stereocenters. The van der Waals surface area contributed by atoms with E-state index in [1.807, 2.05) is 13.8 Å². The zero-order valence-corrected chi connectivity index (χ0v) is 27.6. The number of aromatic nitrogens is 1. The molecular weight excluding hydrogens is 637 g/mol. The molecule has 0 spiro atoms. The molecule has 1 aliphatic heterocycles. The van der Waals surface area contributed by atoms with Crippen LogP contribution in [0.15, 0.2) is 65.7 Å². The summed E-state index contributed by atoms with van der Waals surface area (Å²) in [4.78, 5) is 20.6. The highest BCUT2D eigenvalue weighted by Crippen LogP contribution is 2.37. The third-order valence-corrected chi connectivity index (χ3v) is 10.1. The number of carbonyl (C=O) groups is 1. The van der Waals surface area contributed by atoms with E-state index in [9.17, 15) is 26.4 Å². The summed E-state index contributed by atoms with van der Waals surface area (Å²) in [5, 5.41) is 8.91. The third kappa shape index (κ3) is 7.64. The lowest BCUT2D eigenvalue weighted by molar-refractivity contribution is -0.0436. The summed E-state index contributed by atoms with van der Waals surface area (Å²) < 4.78 is 74.3. The Balaban J connectivity index is 1.23. The Morgan fingerprint density at radius 1 is 1.06 bits per heavy atom. The van der Waals surface area contributed by atoms with Crippen molar-refractivity contribution in [2.75, 3.05) is 38.4 Å². The van der Waals surface area contributed by atoms with Gasteiger partial charge in [-0.05, 0) is 88.3 Å². The number of rotatable bonds is 10. The number of methoxy groups -OCH3 is 1. The van der Waals surface area contributed by atoms with Gasteiger partial charge in [-0.2, -0.15) is 13.2 Å². The van der Waals surface area contributed by atoms with Crippen LogP contribution in [-0.2, 0) is 16.4 Å². The summed E-state index contributed by atoms with van der Waals surface area (Å²) in [6.07, 6.45) is 3.14. The van der Waals surface area contributed by atoms with Crippen molar-refractivity contribution in [2.45, 2.75) is 67.5 Å². The maximum Gasteiger partial charge on any atom is 0.501 e. The zero-order chi connectivity index (χ0) is 34.1. The van der Waals surface area contributed by atoms with Gasteiger partial charge in [0, 0.05) is 42.6 Å². The van der Waals surface area contributed by atoms with Crippen LogP contribution in [0.4, 0.5) is 29.5 Å². The second-order valence-electron chi connectivity index (χ2n) is 12.6. The number of nitrogens with zero attached hydrogens (tertiary/aromatic N) is 3. The van der Waals surface area contributed by atoms with Crippen molar-refractivity contribution < 1.29 is 35.9 Å². The van der Waals surface area contributed by atoms with Gasteiger partial charge in [0.1, 0.15) is 11.9 Å². The lowest BCUT2D eigenvalue weighted by atomic mass is 9.88. The molecule has 3 N–H and O–H groups in total. The molecule has 2 amide bonds. The molecule has 1 unspecified atom stereocenters. The molecule has 2 aliphatic rings. The topological polar surface area (TPSA) is 125 Å². The molecule has 11 nitrogen and oxygen atoms in total. The van der Waals surface area contributed by atoms with Gasteiger partial charge in [0.2, 0.25) is 0 Å². The van der Waals surface area contributed by atoms with Gasteiger partial charge in [-0.1, -0.05) is 12.1 Å². The highest BCUT2D eigenvalue weighted by Gasteiger charge is 2.47. The van der Waals surface area contributed by atoms with Crippen molar-refractivity contribution in [3.8, 4) is 11.5 Å². The Hall–Kier alpha value is -3.92. The van der Waals surface area contributed by atoms with Crippen LogP contribution in [0, 0.1) is 0 Å². The maximum atomic E-state index is 13.0. The molecule has 47 heavy (non-hydrogen) atoms. The first-order valence-corrected chi connectivity index (χ1v) is 16.5. The summed E-state index contributed by atoms with van der Waals surface area (Å²) in [6.45, 7) is 5.02. The molecule has 5 rings (SSSR count). The SMILES string of the molecule is COc1cc(NC(=O)Nc2cc(CN3C(c4ccc(S(=O)(=O)C(F)(F)F)cc4)NCC3(C)C)ccn2)ccc1OC1CC(N(C)C)C1. The summed E-state index contributed by atoms with van der Waals surface area (Å²) in [6, 6.07) is 13.4. The van der Waals surface area contributed by atoms with Gasteiger partial charge in [0.15, 0.2) is 11.5 Å². The number of benzene rings is 2. The Morgan fingerprint density at radius 3 is 2.40 bits per heavy atom. The van der Waals surface area contributed by atoms with Crippen LogP contribution in [0.25, 0.3) is 0 Å². The Bertz CT molecular complexity index is 1700. The molecule has 1 aromatic heterocycles. The number of amides is 2. The number of halogens is 3. The van der Waals surface area contributed by atoms with Gasteiger partial charge in [0.05, 0.1) is 18.2 Å². The fourth-order valence-corrected chi connectivity index (χ4v) is 6.43. The number of anilines is 2. The largest absolute Gasteiger partial charge is 0.501 e. The van der Waals surface area contributed by atoms with Crippen LogP contribution >= 0.6 is 0 Å². The minimum absolute atomic E-state index is 0.108. The number of nitrogens with one attached hydrogen (secondary N) is 3. The van der Waals surface area contributed by atoms with E-state index in [-0.39, 0.29) is 11.6 Å². The van der Waals surface area contributed by atoms with Gasteiger partial charge in [0.25, 0.3) is 9.84 Å². The van der Waals surface area contributed by atoms with Crippen LogP contribution in [0.3, 0.4) is 0 Å². The number of hydrogen-bond donors (Lipinski definition) is 3. The molecule has 1 saturated heterocycles. The minimum atomic E-state index is -5.44. The molecule has 2 fully saturated rings. The predicted molar refractivity (Wildman–Crippen MR) is 171 cm³/mol. The Kier molecular flexibility index (Phi) is 9.74. The average Bonchev–Trinajstić information content (AvgIpc) is 3.27. The molecule has 1 aliphatic carbocycles. The van der Waals surface area contributed by atoms with E-state index < -0.39 is 32.4 Å². The van der Waals surface area contributed by atoms with Crippen LogP contribution in [0.5, 0.6) is 11.5 Å². The molecule has 1 saturated carbocycles. The van der Waals surface area contributed by atoms with Crippen LogP contribution in [0.1, 0.15) is 44.0 Å². The number of sulfone groups is 1. The van der Waals surface area contributed by atoms with E-state index in [4.69, 9.17) is 9.47 Å². The van der Waals surface area contributed by atoms with Gasteiger partial charge >= 0.3 is 11.5 Å². The van der Waals surface area contributed by atoms with E-state index in [0.29, 0.717) is 47.7 Å². The van der Waals surface area contributed by atoms with Crippen molar-refractivity contribution in [1.82, 2.24) is 20.1 Å². The molecular formula is C32H39F3N6O5S. The molecule has 254 valence electrons. The quantitative estimate of drug-likeness (QED) is 0.260. The first-order chi connectivity index (χ1) is 22.1. The summed E-state index contributed by atoms with van der Waals surface area (Å²) >= 11 is 0. The summed E-state index contributed by atoms with van der Waals surface area (Å²) in [5.74, 6) is 1.43. The number of pyridine rings is 1. The van der Waals surface area contributed by atoms with Gasteiger partial charge in [-0.3, -0.25) is 15.5 Å². The molecule has 0 bridgehead atoms. The summed E-state index contributed by atoms with van der Waals surface area (Å²) in [7, 11) is 0.199. The van der Waals surface area contributed by atoms with Crippen molar-refractivity contribution >= 4 is 27.4 Å². The third-order valence-electron chi connectivity index (χ3n) is 8.56. The zero-order valence-electron chi connectivity index (χ0n) is 26.8. The molecule has 3 aromatic rings. The molecule has 15 heteroatoms. The summed E-state index contributed by atoms with van der Waals surface area (Å²) in [5.41, 5.74) is -3.80. The van der Waals surface area contributed by atoms with E-state index in [1.165, 1.54) is 12.1 Å². The van der Waals surface area contributed by atoms with Crippen molar-refractivity contribution in [3.05, 3.63) is 71.9 Å². The van der Waals surface area contributed by atoms with Crippen LogP contribution in [0.2, 0.25) is 0 Å². The number of alkyl halides is 3. The van der Waals surface area contributed by atoms with Crippen molar-refractivity contribution in [2.24, 2.45) is 0 Å². The molecule has 2 heterocycles. The Labute approximate surface area is 272 Å². The standard InChI is InChI=1S/C32H39F3N6O5S/c1-31(2)19-37-29(21-6-9-25(10-7-21)47(43,44)32(33,34)35)41(31)18-20-12-13-36-28(14-20)39-30(42)38-22-8-11-26(27(15-22)45-5)46-24-16-23(17-24)40(3)4/h6-15,23-24,29,37H,16-19H2,1-5H3,(H2,36,38,39,42). The predicted octanol–water partition coefficient (Wildman–Crippen LogP) is 5.38. The van der Waals surface area contributed by atoms with Crippen LogP contribution < -0.4 is 25.4 Å². The van der Waals surface area contributed by atoms with E-state index >= 15 is 0 Å². The second kappa shape index (κ2) is 13.3. The van der Waals surface area contributed by atoms with Gasteiger partial charge in [-0.15, -0.1) is 0 Å². The molecule has 2 aromatic carbocycles. The monoisotopic (exact) mass is 676 g/mol.